The van der Waals surface area contributed by atoms with Gasteiger partial charge in [-0.2, -0.15) is 10.5 Å². The minimum Gasteiger partial charge on any atom is -0.456 e. The molecule has 0 radical (unpaired) electrons. The van der Waals surface area contributed by atoms with Crippen LogP contribution in [0.25, 0.3) is 110 Å². The third kappa shape index (κ3) is 4.02. The Hall–Kier alpha value is -8.06. The molecule has 12 aromatic rings. The van der Waals surface area contributed by atoms with Crippen molar-refractivity contribution in [3.05, 3.63) is 169 Å². The van der Waals surface area contributed by atoms with Gasteiger partial charge in [0.1, 0.15) is 34.5 Å². The highest BCUT2D eigenvalue weighted by atomic mass is 16.3. The van der Waals surface area contributed by atoms with Crippen LogP contribution in [0.5, 0.6) is 0 Å². The number of rotatable bonds is 3. The predicted octanol–water partition coefficient (Wildman–Crippen LogP) is 13.1. The summed E-state index contributed by atoms with van der Waals surface area (Å²) in [4.78, 5) is 0. The fourth-order valence-corrected chi connectivity index (χ4v) is 9.03. The van der Waals surface area contributed by atoms with Crippen LogP contribution < -0.4 is 0 Å². The zero-order valence-electron chi connectivity index (χ0n) is 29.6. The summed E-state index contributed by atoms with van der Waals surface area (Å²) in [5.41, 5.74) is 10.8. The van der Waals surface area contributed by atoms with Crippen LogP contribution >= 0.6 is 0 Å². The van der Waals surface area contributed by atoms with Crippen molar-refractivity contribution in [2.24, 2.45) is 0 Å². The number of para-hydroxylation sites is 4. The Labute approximate surface area is 318 Å². The average Bonchev–Trinajstić information content (AvgIpc) is 3.99. The SMILES string of the molecule is N#Cc1cc(C#N)c(-n2c3ccccc3c3cc4oc5ccccc5c4cc32)c(-c2ccccc2)c1-n1c2ccccc2c2cc3oc4ccccc4c3cc21. The monoisotopic (exact) mass is 714 g/mol. The molecule has 0 saturated carbocycles. The van der Waals surface area contributed by atoms with E-state index in [0.717, 1.165) is 98.6 Å². The number of aromatic nitrogens is 2. The van der Waals surface area contributed by atoms with Gasteiger partial charge in [-0.25, -0.2) is 0 Å². The molecular formula is C50H26N4O2. The molecule has 0 atom stereocenters. The number of fused-ring (bicyclic) bond motifs is 12. The molecule has 8 aromatic carbocycles. The number of furan rings is 2. The van der Waals surface area contributed by atoms with Crippen LogP contribution in [0.3, 0.4) is 0 Å². The number of nitriles is 2. The van der Waals surface area contributed by atoms with E-state index in [1.54, 1.807) is 6.07 Å². The van der Waals surface area contributed by atoms with Crippen molar-refractivity contribution in [3.8, 4) is 34.6 Å². The van der Waals surface area contributed by atoms with Crippen molar-refractivity contribution >= 4 is 87.5 Å². The van der Waals surface area contributed by atoms with Crippen LogP contribution in [0.2, 0.25) is 0 Å². The smallest absolute Gasteiger partial charge is 0.136 e. The normalized spacial score (nSPS) is 11.9. The lowest BCUT2D eigenvalue weighted by atomic mass is 9.93. The molecule has 6 nitrogen and oxygen atoms in total. The Morgan fingerprint density at radius 2 is 0.786 bits per heavy atom. The predicted molar refractivity (Wildman–Crippen MR) is 225 cm³/mol. The van der Waals surface area contributed by atoms with Gasteiger partial charge >= 0.3 is 0 Å². The standard InChI is InChI=1S/C50H26N4O2/c51-27-30-22-31(28-52)50(54-41-19-9-5-15-33(41)37-26-47-39(24-43(37)54)35-17-7-11-21-45(35)56-47)48(29-12-2-1-3-13-29)49(30)53-40-18-8-4-14-32(40)36-25-46-38(23-42(36)53)34-16-6-10-20-44(34)55-46/h1-26H. The number of benzene rings is 8. The summed E-state index contributed by atoms with van der Waals surface area (Å²) in [6.07, 6.45) is 0. The van der Waals surface area contributed by atoms with Crippen LogP contribution in [-0.2, 0) is 0 Å². The maximum atomic E-state index is 11.1. The van der Waals surface area contributed by atoms with Crippen LogP contribution in [0, 0.1) is 22.7 Å². The summed E-state index contributed by atoms with van der Waals surface area (Å²) in [5, 5.41) is 30.3. The first-order valence-corrected chi connectivity index (χ1v) is 18.5. The molecular weight excluding hydrogens is 689 g/mol. The van der Waals surface area contributed by atoms with Crippen LogP contribution in [0.4, 0.5) is 0 Å². The summed E-state index contributed by atoms with van der Waals surface area (Å²) in [5.74, 6) is 0. The van der Waals surface area contributed by atoms with Gasteiger partial charge in [-0.1, -0.05) is 103 Å². The first-order valence-electron chi connectivity index (χ1n) is 18.5. The van der Waals surface area contributed by atoms with Crippen molar-refractivity contribution in [3.63, 3.8) is 0 Å². The maximum absolute atomic E-state index is 11.1. The zero-order valence-corrected chi connectivity index (χ0v) is 29.6. The molecule has 4 aromatic heterocycles. The average molecular weight is 715 g/mol. The van der Waals surface area contributed by atoms with E-state index in [9.17, 15) is 10.5 Å². The second-order valence-electron chi connectivity index (χ2n) is 14.3. The Kier molecular flexibility index (Phi) is 6.10. The van der Waals surface area contributed by atoms with Gasteiger partial charge in [-0.15, -0.1) is 0 Å². The second-order valence-corrected chi connectivity index (χ2v) is 14.3. The lowest BCUT2D eigenvalue weighted by Gasteiger charge is -2.22. The van der Waals surface area contributed by atoms with E-state index in [2.05, 4.69) is 94.1 Å². The molecule has 0 aliphatic heterocycles. The summed E-state index contributed by atoms with van der Waals surface area (Å²) in [7, 11) is 0. The van der Waals surface area contributed by atoms with Crippen molar-refractivity contribution in [1.29, 1.82) is 10.5 Å². The van der Waals surface area contributed by atoms with Gasteiger partial charge in [0, 0.05) is 48.7 Å². The molecule has 0 fully saturated rings. The Balaban J connectivity index is 1.31. The van der Waals surface area contributed by atoms with Crippen LogP contribution in [-0.4, -0.2) is 9.13 Å². The molecule has 4 heterocycles. The lowest BCUT2D eigenvalue weighted by Crippen LogP contribution is -2.08. The van der Waals surface area contributed by atoms with E-state index in [1.165, 1.54) is 0 Å². The molecule has 0 aliphatic carbocycles. The Bertz CT molecular complexity index is 3510. The van der Waals surface area contributed by atoms with E-state index < -0.39 is 0 Å². The third-order valence-electron chi connectivity index (χ3n) is 11.4. The number of nitrogens with zero attached hydrogens (tertiary/aromatic N) is 4. The minimum atomic E-state index is 0.396. The molecule has 0 spiro atoms. The van der Waals surface area contributed by atoms with Gasteiger partial charge in [0.2, 0.25) is 0 Å². The third-order valence-corrected chi connectivity index (χ3v) is 11.4. The van der Waals surface area contributed by atoms with Crippen LogP contribution in [0.15, 0.2) is 167 Å². The topological polar surface area (TPSA) is 83.7 Å². The highest BCUT2D eigenvalue weighted by Gasteiger charge is 2.28. The molecule has 0 amide bonds. The second kappa shape index (κ2) is 11.2. The van der Waals surface area contributed by atoms with Crippen LogP contribution in [0.1, 0.15) is 11.1 Å². The van der Waals surface area contributed by atoms with Gasteiger partial charge in [-0.05, 0) is 60.2 Å². The number of hydrogen-bond acceptors (Lipinski definition) is 4. The molecule has 0 bridgehead atoms. The fraction of sp³-hybridized carbons (Fsp3) is 0. The molecule has 12 rings (SSSR count). The summed E-state index contributed by atoms with van der Waals surface area (Å²) in [6.45, 7) is 0. The first kappa shape index (κ1) is 30.4. The number of hydrogen-bond donors (Lipinski definition) is 0. The van der Waals surface area contributed by atoms with Crippen molar-refractivity contribution < 1.29 is 8.83 Å². The highest BCUT2D eigenvalue weighted by molar-refractivity contribution is 6.19. The maximum Gasteiger partial charge on any atom is 0.136 e. The van der Waals surface area contributed by atoms with Crippen molar-refractivity contribution in [1.82, 2.24) is 9.13 Å². The van der Waals surface area contributed by atoms with Gasteiger partial charge in [-0.3, -0.25) is 0 Å². The largest absolute Gasteiger partial charge is 0.456 e. The lowest BCUT2D eigenvalue weighted by molar-refractivity contribution is 0.669. The van der Waals surface area contributed by atoms with E-state index in [1.807, 2.05) is 78.9 Å². The molecule has 0 unspecified atom stereocenters. The fourth-order valence-electron chi connectivity index (χ4n) is 9.03. The van der Waals surface area contributed by atoms with Gasteiger partial charge < -0.3 is 18.0 Å². The van der Waals surface area contributed by atoms with Gasteiger partial charge in [0.05, 0.1) is 44.6 Å². The summed E-state index contributed by atoms with van der Waals surface area (Å²) < 4.78 is 17.2. The zero-order chi connectivity index (χ0) is 37.1. The molecule has 0 saturated heterocycles. The first-order chi connectivity index (χ1) is 27.7. The quantitative estimate of drug-likeness (QED) is 0.182. The Morgan fingerprint density at radius 1 is 0.357 bits per heavy atom. The van der Waals surface area contributed by atoms with Crippen molar-refractivity contribution in [2.45, 2.75) is 0 Å². The Morgan fingerprint density at radius 3 is 1.27 bits per heavy atom. The summed E-state index contributed by atoms with van der Waals surface area (Å²) in [6, 6.07) is 58.3. The van der Waals surface area contributed by atoms with Crippen molar-refractivity contribution in [2.75, 3.05) is 0 Å². The van der Waals surface area contributed by atoms with Gasteiger partial charge in [0.25, 0.3) is 0 Å². The molecule has 0 aliphatic rings. The van der Waals surface area contributed by atoms with Gasteiger partial charge in [0.15, 0.2) is 0 Å². The molecule has 258 valence electrons. The highest BCUT2D eigenvalue weighted by Crippen LogP contribution is 2.47. The van der Waals surface area contributed by atoms with E-state index in [-0.39, 0.29) is 0 Å². The molecule has 6 heteroatoms. The van der Waals surface area contributed by atoms with E-state index in [4.69, 9.17) is 8.83 Å². The molecule has 56 heavy (non-hydrogen) atoms. The van der Waals surface area contributed by atoms with E-state index in [0.29, 0.717) is 22.5 Å². The van der Waals surface area contributed by atoms with E-state index >= 15 is 0 Å². The summed E-state index contributed by atoms with van der Waals surface area (Å²) >= 11 is 0. The minimum absolute atomic E-state index is 0.396. The molecule has 0 N–H and O–H groups in total.